The summed E-state index contributed by atoms with van der Waals surface area (Å²) in [6.45, 7) is 3.16. The van der Waals surface area contributed by atoms with Gasteiger partial charge in [-0.3, -0.25) is 4.90 Å². The van der Waals surface area contributed by atoms with Crippen LogP contribution in [-0.2, 0) is 0 Å². The van der Waals surface area contributed by atoms with E-state index in [9.17, 15) is 0 Å². The lowest BCUT2D eigenvalue weighted by molar-refractivity contribution is 0.257. The van der Waals surface area contributed by atoms with Crippen LogP contribution in [0.1, 0.15) is 19.8 Å². The molecule has 0 amide bonds. The average molecular weight is 206 g/mol. The summed E-state index contributed by atoms with van der Waals surface area (Å²) < 4.78 is 0. The third-order valence-electron chi connectivity index (χ3n) is 2.97. The summed E-state index contributed by atoms with van der Waals surface area (Å²) in [4.78, 5) is 2.43. The largest absolute Gasteiger partial charge is 0.367 e. The van der Waals surface area contributed by atoms with E-state index in [0.717, 1.165) is 18.4 Å². The summed E-state index contributed by atoms with van der Waals surface area (Å²) in [5.74, 6) is 0.855. The van der Waals surface area contributed by atoms with Crippen molar-refractivity contribution >= 4 is 5.82 Å². The molecule has 82 valence electrons. The van der Waals surface area contributed by atoms with Crippen LogP contribution in [0.3, 0.4) is 0 Å². The minimum atomic E-state index is 0.541. The van der Waals surface area contributed by atoms with Crippen LogP contribution in [0.2, 0.25) is 0 Å². The summed E-state index contributed by atoms with van der Waals surface area (Å²) >= 11 is 0. The molecule has 1 saturated carbocycles. The molecule has 1 aromatic heterocycles. The number of nitrogens with zero attached hydrogens (tertiary/aromatic N) is 3. The van der Waals surface area contributed by atoms with Gasteiger partial charge in [-0.15, -0.1) is 5.10 Å². The Morgan fingerprint density at radius 1 is 1.60 bits per heavy atom. The van der Waals surface area contributed by atoms with Gasteiger partial charge >= 0.3 is 0 Å². The van der Waals surface area contributed by atoms with Crippen molar-refractivity contribution in [2.75, 3.05) is 18.9 Å². The van der Waals surface area contributed by atoms with Crippen molar-refractivity contribution in [1.82, 2.24) is 15.1 Å². The maximum absolute atomic E-state index is 3.99. The van der Waals surface area contributed by atoms with Crippen molar-refractivity contribution < 1.29 is 0 Å². The second-order valence-corrected chi connectivity index (χ2v) is 4.24. The number of likely N-dealkylation sites (N-methyl/N-ethyl adjacent to an activating group) is 1. The molecule has 1 aliphatic rings. The Labute approximate surface area is 90.7 Å². The molecule has 1 unspecified atom stereocenters. The van der Waals surface area contributed by atoms with E-state index in [1.54, 1.807) is 6.20 Å². The second kappa shape index (κ2) is 4.57. The lowest BCUT2D eigenvalue weighted by Crippen LogP contribution is -2.36. The minimum absolute atomic E-state index is 0.541. The van der Waals surface area contributed by atoms with Gasteiger partial charge in [-0.1, -0.05) is 0 Å². The number of hydrogen-bond acceptors (Lipinski definition) is 4. The van der Waals surface area contributed by atoms with Crippen molar-refractivity contribution in [3.63, 3.8) is 0 Å². The van der Waals surface area contributed by atoms with Gasteiger partial charge in [-0.05, 0) is 38.9 Å². The molecule has 1 heterocycles. The van der Waals surface area contributed by atoms with E-state index < -0.39 is 0 Å². The molecule has 0 saturated heterocycles. The summed E-state index contributed by atoms with van der Waals surface area (Å²) in [6.07, 6.45) is 4.39. The van der Waals surface area contributed by atoms with Gasteiger partial charge in [0.15, 0.2) is 0 Å². The first-order chi connectivity index (χ1) is 7.27. The minimum Gasteiger partial charge on any atom is -0.367 e. The Bertz CT molecular complexity index is 297. The van der Waals surface area contributed by atoms with Crippen LogP contribution in [0.4, 0.5) is 5.82 Å². The van der Waals surface area contributed by atoms with Crippen molar-refractivity contribution in [1.29, 1.82) is 0 Å². The average Bonchev–Trinajstić information content (AvgIpc) is 3.10. The molecule has 0 aliphatic heterocycles. The third kappa shape index (κ3) is 2.89. The highest BCUT2D eigenvalue weighted by atomic mass is 15.2. The van der Waals surface area contributed by atoms with E-state index in [0.29, 0.717) is 6.04 Å². The molecule has 4 nitrogen and oxygen atoms in total. The Hall–Kier alpha value is -1.16. The monoisotopic (exact) mass is 206 g/mol. The molecule has 2 rings (SSSR count). The molecule has 4 heteroatoms. The summed E-state index contributed by atoms with van der Waals surface area (Å²) in [5, 5.41) is 11.1. The van der Waals surface area contributed by atoms with Gasteiger partial charge in [-0.25, -0.2) is 0 Å². The Balaban J connectivity index is 1.77. The maximum Gasteiger partial charge on any atom is 0.148 e. The number of anilines is 1. The van der Waals surface area contributed by atoms with Gasteiger partial charge in [0.1, 0.15) is 5.82 Å². The third-order valence-corrected chi connectivity index (χ3v) is 2.97. The van der Waals surface area contributed by atoms with Crippen molar-refractivity contribution in [3.05, 3.63) is 18.3 Å². The number of aromatic nitrogens is 2. The van der Waals surface area contributed by atoms with Crippen molar-refractivity contribution in [2.24, 2.45) is 0 Å². The summed E-state index contributed by atoms with van der Waals surface area (Å²) in [5.41, 5.74) is 0. The van der Waals surface area contributed by atoms with Crippen LogP contribution in [0.5, 0.6) is 0 Å². The highest BCUT2D eigenvalue weighted by molar-refractivity contribution is 5.31. The molecule has 1 N–H and O–H groups in total. The number of hydrogen-bond donors (Lipinski definition) is 1. The van der Waals surface area contributed by atoms with Gasteiger partial charge < -0.3 is 5.32 Å². The van der Waals surface area contributed by atoms with E-state index in [1.807, 2.05) is 12.1 Å². The molecule has 1 fully saturated rings. The van der Waals surface area contributed by atoms with E-state index >= 15 is 0 Å². The predicted octanol–water partition coefficient (Wildman–Crippen LogP) is 1.37. The molecule has 1 aliphatic carbocycles. The zero-order valence-corrected chi connectivity index (χ0v) is 9.35. The SMILES string of the molecule is CC(CNc1cccnn1)N(C)C1CC1. The topological polar surface area (TPSA) is 41.1 Å². The van der Waals surface area contributed by atoms with E-state index in [4.69, 9.17) is 0 Å². The Kier molecular flexibility index (Phi) is 3.16. The molecule has 0 spiro atoms. The molecule has 0 radical (unpaired) electrons. The fourth-order valence-corrected chi connectivity index (χ4v) is 1.63. The van der Waals surface area contributed by atoms with Gasteiger partial charge in [0, 0.05) is 24.8 Å². The smallest absolute Gasteiger partial charge is 0.148 e. The lowest BCUT2D eigenvalue weighted by Gasteiger charge is -2.24. The second-order valence-electron chi connectivity index (χ2n) is 4.24. The fraction of sp³-hybridized carbons (Fsp3) is 0.636. The first kappa shape index (κ1) is 10.4. The van der Waals surface area contributed by atoms with E-state index in [2.05, 4.69) is 34.4 Å². The van der Waals surface area contributed by atoms with Crippen molar-refractivity contribution in [3.8, 4) is 0 Å². The Morgan fingerprint density at radius 3 is 3.00 bits per heavy atom. The first-order valence-electron chi connectivity index (χ1n) is 5.51. The molecule has 1 atom stereocenters. The molecule has 0 aromatic carbocycles. The quantitative estimate of drug-likeness (QED) is 0.790. The van der Waals surface area contributed by atoms with Crippen LogP contribution in [-0.4, -0.2) is 40.8 Å². The molecule has 15 heavy (non-hydrogen) atoms. The van der Waals surface area contributed by atoms with Crippen molar-refractivity contribution in [2.45, 2.75) is 31.8 Å². The van der Waals surface area contributed by atoms with Crippen LogP contribution in [0.15, 0.2) is 18.3 Å². The predicted molar refractivity (Wildman–Crippen MR) is 60.8 cm³/mol. The summed E-state index contributed by atoms with van der Waals surface area (Å²) in [6, 6.07) is 5.18. The van der Waals surface area contributed by atoms with Crippen LogP contribution in [0, 0.1) is 0 Å². The zero-order valence-electron chi connectivity index (χ0n) is 9.35. The number of nitrogens with one attached hydrogen (secondary N) is 1. The highest BCUT2D eigenvalue weighted by Crippen LogP contribution is 2.26. The van der Waals surface area contributed by atoms with Gasteiger partial charge in [0.25, 0.3) is 0 Å². The Morgan fingerprint density at radius 2 is 2.40 bits per heavy atom. The molecule has 0 bridgehead atoms. The fourth-order valence-electron chi connectivity index (χ4n) is 1.63. The zero-order chi connectivity index (χ0) is 10.7. The van der Waals surface area contributed by atoms with Gasteiger partial charge in [-0.2, -0.15) is 5.10 Å². The first-order valence-corrected chi connectivity index (χ1v) is 5.51. The van der Waals surface area contributed by atoms with Crippen LogP contribution in [0.25, 0.3) is 0 Å². The normalized spacial score (nSPS) is 17.8. The number of rotatable bonds is 5. The molecule has 1 aromatic rings. The summed E-state index contributed by atoms with van der Waals surface area (Å²) in [7, 11) is 2.20. The van der Waals surface area contributed by atoms with E-state index in [-0.39, 0.29) is 0 Å². The van der Waals surface area contributed by atoms with Gasteiger partial charge in [0.05, 0.1) is 0 Å². The molecular weight excluding hydrogens is 188 g/mol. The van der Waals surface area contributed by atoms with Crippen LogP contribution < -0.4 is 5.32 Å². The lowest BCUT2D eigenvalue weighted by atomic mass is 10.3. The highest BCUT2D eigenvalue weighted by Gasteiger charge is 2.28. The maximum atomic E-state index is 3.99. The van der Waals surface area contributed by atoms with Crippen LogP contribution >= 0.6 is 0 Å². The standard InChI is InChI=1S/C11H18N4/c1-9(15(2)10-5-6-10)8-12-11-4-3-7-13-14-11/h3-4,7,9-10H,5-6,8H2,1-2H3,(H,12,14). The molecular formula is C11H18N4. The van der Waals surface area contributed by atoms with Gasteiger partial charge in [0.2, 0.25) is 0 Å². The van der Waals surface area contributed by atoms with E-state index in [1.165, 1.54) is 12.8 Å².